The molecule has 1 aliphatic heterocycles. The van der Waals surface area contributed by atoms with Crippen molar-refractivity contribution in [1.29, 1.82) is 0 Å². The van der Waals surface area contributed by atoms with Gasteiger partial charge in [0.25, 0.3) is 5.69 Å². The summed E-state index contributed by atoms with van der Waals surface area (Å²) < 4.78 is 5.12. The Bertz CT molecular complexity index is 620. The number of carboxylic acid groups (broad SMARTS) is 1. The molecule has 0 radical (unpaired) electrons. The number of carboxylic acids is 1. The second-order valence-corrected chi connectivity index (χ2v) is 5.12. The lowest BCUT2D eigenvalue weighted by atomic mass is 10.2. The SMILES string of the molecule is COC1CC(C(=O)O)N(C(=O)CNc2ccccc2[N+](=O)[O-])C1. The Hall–Kier alpha value is -2.68. The van der Waals surface area contributed by atoms with Gasteiger partial charge in [0.15, 0.2) is 0 Å². The van der Waals surface area contributed by atoms with Gasteiger partial charge < -0.3 is 20.1 Å². The van der Waals surface area contributed by atoms with Gasteiger partial charge in [-0.3, -0.25) is 14.9 Å². The quantitative estimate of drug-likeness (QED) is 0.584. The van der Waals surface area contributed by atoms with Crippen molar-refractivity contribution in [3.8, 4) is 0 Å². The number of anilines is 1. The number of nitro groups is 1. The summed E-state index contributed by atoms with van der Waals surface area (Å²) in [5.41, 5.74) is 0.0616. The number of nitrogens with one attached hydrogen (secondary N) is 1. The van der Waals surface area contributed by atoms with Gasteiger partial charge >= 0.3 is 5.97 Å². The van der Waals surface area contributed by atoms with Gasteiger partial charge in [-0.05, 0) is 6.07 Å². The van der Waals surface area contributed by atoms with Crippen LogP contribution in [0.1, 0.15) is 6.42 Å². The minimum absolute atomic E-state index is 0.147. The number of methoxy groups -OCH3 is 1. The molecule has 0 saturated carbocycles. The second-order valence-electron chi connectivity index (χ2n) is 5.12. The molecule has 0 aromatic heterocycles. The van der Waals surface area contributed by atoms with E-state index < -0.39 is 22.8 Å². The summed E-state index contributed by atoms with van der Waals surface area (Å²) >= 11 is 0. The van der Waals surface area contributed by atoms with E-state index in [1.807, 2.05) is 0 Å². The van der Waals surface area contributed by atoms with Crippen LogP contribution in [0.15, 0.2) is 24.3 Å². The lowest BCUT2D eigenvalue weighted by Gasteiger charge is -2.21. The van der Waals surface area contributed by atoms with Crippen molar-refractivity contribution in [3.05, 3.63) is 34.4 Å². The number of carbonyl (C=O) groups is 2. The number of ether oxygens (including phenoxy) is 1. The van der Waals surface area contributed by atoms with Crippen molar-refractivity contribution in [2.45, 2.75) is 18.6 Å². The molecule has 0 aliphatic carbocycles. The number of rotatable bonds is 6. The molecular weight excluding hydrogens is 306 g/mol. The molecule has 0 spiro atoms. The molecule has 124 valence electrons. The maximum Gasteiger partial charge on any atom is 0.326 e. The fourth-order valence-corrected chi connectivity index (χ4v) is 2.53. The van der Waals surface area contributed by atoms with E-state index in [1.165, 1.54) is 30.2 Å². The van der Waals surface area contributed by atoms with E-state index in [2.05, 4.69) is 5.32 Å². The highest BCUT2D eigenvalue weighted by Crippen LogP contribution is 2.24. The molecule has 9 heteroatoms. The lowest BCUT2D eigenvalue weighted by molar-refractivity contribution is -0.383. The molecule has 1 aliphatic rings. The van der Waals surface area contributed by atoms with Crippen LogP contribution < -0.4 is 5.32 Å². The van der Waals surface area contributed by atoms with Gasteiger partial charge in [0, 0.05) is 26.1 Å². The minimum atomic E-state index is -1.09. The Morgan fingerprint density at radius 1 is 1.48 bits per heavy atom. The molecule has 9 nitrogen and oxygen atoms in total. The molecule has 1 saturated heterocycles. The van der Waals surface area contributed by atoms with E-state index in [4.69, 9.17) is 4.74 Å². The fraction of sp³-hybridized carbons (Fsp3) is 0.429. The van der Waals surface area contributed by atoms with Gasteiger partial charge in [-0.25, -0.2) is 4.79 Å². The largest absolute Gasteiger partial charge is 0.480 e. The van der Waals surface area contributed by atoms with E-state index >= 15 is 0 Å². The molecule has 2 unspecified atom stereocenters. The summed E-state index contributed by atoms with van der Waals surface area (Å²) in [5.74, 6) is -1.54. The predicted molar refractivity (Wildman–Crippen MR) is 80.1 cm³/mol. The average Bonchev–Trinajstić information content (AvgIpc) is 2.97. The highest BCUT2D eigenvalue weighted by molar-refractivity contribution is 5.87. The van der Waals surface area contributed by atoms with E-state index in [9.17, 15) is 24.8 Å². The van der Waals surface area contributed by atoms with Crippen molar-refractivity contribution in [2.24, 2.45) is 0 Å². The van der Waals surface area contributed by atoms with Crippen LogP contribution in [-0.2, 0) is 14.3 Å². The zero-order valence-electron chi connectivity index (χ0n) is 12.5. The average molecular weight is 323 g/mol. The number of carbonyl (C=O) groups excluding carboxylic acids is 1. The molecule has 1 aromatic rings. The van der Waals surface area contributed by atoms with Crippen molar-refractivity contribution in [3.63, 3.8) is 0 Å². The van der Waals surface area contributed by atoms with Gasteiger partial charge in [-0.1, -0.05) is 12.1 Å². The van der Waals surface area contributed by atoms with Crippen LogP contribution in [-0.4, -0.2) is 59.2 Å². The summed E-state index contributed by atoms with van der Waals surface area (Å²) in [5, 5.41) is 22.8. The third-order valence-electron chi connectivity index (χ3n) is 3.73. The van der Waals surface area contributed by atoms with E-state index in [-0.39, 0.29) is 37.0 Å². The number of aliphatic carboxylic acids is 1. The Kier molecular flexibility index (Phi) is 5.12. The van der Waals surface area contributed by atoms with Crippen LogP contribution in [0, 0.1) is 10.1 Å². The number of nitro benzene ring substituents is 1. The van der Waals surface area contributed by atoms with Crippen molar-refractivity contribution < 1.29 is 24.4 Å². The fourth-order valence-electron chi connectivity index (χ4n) is 2.53. The molecule has 2 N–H and O–H groups in total. The third-order valence-corrected chi connectivity index (χ3v) is 3.73. The lowest BCUT2D eigenvalue weighted by Crippen LogP contribution is -2.43. The first-order valence-electron chi connectivity index (χ1n) is 6.96. The summed E-state index contributed by atoms with van der Waals surface area (Å²) in [6.07, 6.45) is -0.102. The maximum atomic E-state index is 12.3. The van der Waals surface area contributed by atoms with Crippen LogP contribution >= 0.6 is 0 Å². The van der Waals surface area contributed by atoms with Gasteiger partial charge in [-0.15, -0.1) is 0 Å². The smallest absolute Gasteiger partial charge is 0.326 e. The van der Waals surface area contributed by atoms with E-state index in [0.717, 1.165) is 0 Å². The number of likely N-dealkylation sites (tertiary alicyclic amines) is 1. The minimum Gasteiger partial charge on any atom is -0.480 e. The first kappa shape index (κ1) is 16.7. The standard InChI is InChI=1S/C14H17N3O6/c1-23-9-6-12(14(19)20)16(8-9)13(18)7-15-10-4-2-3-5-11(10)17(21)22/h2-5,9,12,15H,6-8H2,1H3,(H,19,20). The van der Waals surface area contributed by atoms with Gasteiger partial charge in [0.1, 0.15) is 11.7 Å². The van der Waals surface area contributed by atoms with Crippen LogP contribution in [0.5, 0.6) is 0 Å². The summed E-state index contributed by atoms with van der Waals surface area (Å²) in [6, 6.07) is 5.00. The summed E-state index contributed by atoms with van der Waals surface area (Å²) in [6.45, 7) is -0.0457. The maximum absolute atomic E-state index is 12.3. The number of nitrogens with zero attached hydrogens (tertiary/aromatic N) is 2. The van der Waals surface area contributed by atoms with Gasteiger partial charge in [0.2, 0.25) is 5.91 Å². The monoisotopic (exact) mass is 323 g/mol. The van der Waals surface area contributed by atoms with E-state index in [0.29, 0.717) is 0 Å². The molecule has 1 fully saturated rings. The topological polar surface area (TPSA) is 122 Å². The number of hydrogen-bond donors (Lipinski definition) is 2. The van der Waals surface area contributed by atoms with Crippen molar-refractivity contribution in [1.82, 2.24) is 4.90 Å². The zero-order chi connectivity index (χ0) is 17.0. The Labute approximate surface area is 132 Å². The summed E-state index contributed by atoms with van der Waals surface area (Å²) in [7, 11) is 1.46. The van der Waals surface area contributed by atoms with Crippen molar-refractivity contribution in [2.75, 3.05) is 25.5 Å². The molecule has 23 heavy (non-hydrogen) atoms. The van der Waals surface area contributed by atoms with Crippen LogP contribution in [0.2, 0.25) is 0 Å². The summed E-state index contributed by atoms with van der Waals surface area (Å²) in [4.78, 5) is 35.1. The highest BCUT2D eigenvalue weighted by atomic mass is 16.6. The first-order chi connectivity index (χ1) is 10.9. The Morgan fingerprint density at radius 2 is 2.17 bits per heavy atom. The zero-order valence-corrected chi connectivity index (χ0v) is 12.5. The third kappa shape index (κ3) is 3.75. The van der Waals surface area contributed by atoms with Crippen LogP contribution in [0.3, 0.4) is 0 Å². The van der Waals surface area contributed by atoms with Crippen molar-refractivity contribution >= 4 is 23.3 Å². The van der Waals surface area contributed by atoms with E-state index in [1.54, 1.807) is 6.07 Å². The molecule has 1 aromatic carbocycles. The molecule has 0 bridgehead atoms. The molecule has 1 heterocycles. The normalized spacial score (nSPS) is 20.3. The molecule has 2 rings (SSSR count). The first-order valence-corrected chi connectivity index (χ1v) is 6.96. The van der Waals surface area contributed by atoms with Crippen LogP contribution in [0.4, 0.5) is 11.4 Å². The van der Waals surface area contributed by atoms with Gasteiger partial charge in [0.05, 0.1) is 17.6 Å². The number of amides is 1. The number of benzene rings is 1. The predicted octanol–water partition coefficient (Wildman–Crippen LogP) is 0.707. The Balaban J connectivity index is 2.05. The molecule has 1 amide bonds. The number of hydrogen-bond acceptors (Lipinski definition) is 6. The second kappa shape index (κ2) is 7.05. The molecular formula is C14H17N3O6. The van der Waals surface area contributed by atoms with Gasteiger partial charge in [-0.2, -0.15) is 0 Å². The Morgan fingerprint density at radius 3 is 2.78 bits per heavy atom. The highest BCUT2D eigenvalue weighted by Gasteiger charge is 2.39. The number of para-hydroxylation sites is 2. The molecule has 2 atom stereocenters. The van der Waals surface area contributed by atoms with Crippen LogP contribution in [0.25, 0.3) is 0 Å².